The normalized spacial score (nSPS) is 25.9. The van der Waals surface area contributed by atoms with Crippen molar-refractivity contribution < 1.29 is 15.0 Å². The summed E-state index contributed by atoms with van der Waals surface area (Å²) in [4.78, 5) is 12.6. The average molecular weight is 215 g/mol. The minimum Gasteiger partial charge on any atom is -0.481 e. The zero-order valence-electron chi connectivity index (χ0n) is 9.35. The van der Waals surface area contributed by atoms with E-state index in [1.54, 1.807) is 0 Å². The van der Waals surface area contributed by atoms with Crippen LogP contribution in [0.3, 0.4) is 0 Å². The number of carboxylic acid groups (broad SMARTS) is 1. The van der Waals surface area contributed by atoms with Crippen molar-refractivity contribution in [2.45, 2.75) is 38.7 Å². The van der Waals surface area contributed by atoms with Crippen LogP contribution in [0.2, 0.25) is 0 Å². The molecule has 88 valence electrons. The van der Waals surface area contributed by atoms with Crippen molar-refractivity contribution in [1.82, 2.24) is 4.90 Å². The van der Waals surface area contributed by atoms with Crippen LogP contribution in [0.15, 0.2) is 0 Å². The molecule has 0 radical (unpaired) electrons. The van der Waals surface area contributed by atoms with Crippen LogP contribution in [0.25, 0.3) is 0 Å². The van der Waals surface area contributed by atoms with E-state index < -0.39 is 12.1 Å². The molecule has 0 aliphatic carbocycles. The molecule has 1 rings (SSSR count). The van der Waals surface area contributed by atoms with Crippen LogP contribution < -0.4 is 0 Å². The number of nitrogens with zero attached hydrogens (tertiary/aromatic N) is 1. The van der Waals surface area contributed by atoms with E-state index in [9.17, 15) is 9.90 Å². The first-order chi connectivity index (χ1) is 7.08. The Bertz CT molecular complexity index is 208. The smallest absolute Gasteiger partial charge is 0.306 e. The lowest BCUT2D eigenvalue weighted by Gasteiger charge is -2.22. The first-order valence-electron chi connectivity index (χ1n) is 5.70. The van der Waals surface area contributed by atoms with Crippen LogP contribution in [-0.4, -0.2) is 46.8 Å². The lowest BCUT2D eigenvalue weighted by atomic mass is 10.0. The molecule has 0 amide bonds. The van der Waals surface area contributed by atoms with Crippen LogP contribution in [0, 0.1) is 5.92 Å². The number of likely N-dealkylation sites (tertiary alicyclic amines) is 1. The van der Waals surface area contributed by atoms with Gasteiger partial charge in [-0.05, 0) is 38.3 Å². The predicted molar refractivity (Wildman–Crippen MR) is 57.7 cm³/mol. The average Bonchev–Trinajstić information content (AvgIpc) is 2.29. The van der Waals surface area contributed by atoms with Gasteiger partial charge < -0.3 is 15.1 Å². The van der Waals surface area contributed by atoms with Gasteiger partial charge in [0, 0.05) is 6.54 Å². The lowest BCUT2D eigenvalue weighted by Crippen LogP contribution is -2.34. The van der Waals surface area contributed by atoms with E-state index >= 15 is 0 Å². The maximum atomic E-state index is 10.4. The molecule has 15 heavy (non-hydrogen) atoms. The summed E-state index contributed by atoms with van der Waals surface area (Å²) in [5.74, 6) is -0.169. The molecule has 0 bridgehead atoms. The Kier molecular flexibility index (Phi) is 5.05. The van der Waals surface area contributed by atoms with Gasteiger partial charge in [-0.15, -0.1) is 0 Å². The predicted octanol–water partition coefficient (Wildman–Crippen LogP) is 0.944. The largest absolute Gasteiger partial charge is 0.481 e. The van der Waals surface area contributed by atoms with Crippen molar-refractivity contribution in [3.63, 3.8) is 0 Å². The monoisotopic (exact) mass is 215 g/mol. The van der Waals surface area contributed by atoms with Crippen molar-refractivity contribution >= 4 is 5.97 Å². The van der Waals surface area contributed by atoms with Gasteiger partial charge in [0.15, 0.2) is 0 Å². The molecule has 2 unspecified atom stereocenters. The highest BCUT2D eigenvalue weighted by atomic mass is 16.4. The summed E-state index contributed by atoms with van der Waals surface area (Å²) in [6.07, 6.45) is 2.68. The minimum atomic E-state index is -0.925. The SMILES string of the molecule is CC1CCCN(CC(O)CC(=O)O)CC1. The fraction of sp³-hybridized carbons (Fsp3) is 0.909. The first kappa shape index (κ1) is 12.5. The summed E-state index contributed by atoms with van der Waals surface area (Å²) >= 11 is 0. The molecule has 1 saturated heterocycles. The molecule has 0 aromatic rings. The van der Waals surface area contributed by atoms with Crippen molar-refractivity contribution in [3.8, 4) is 0 Å². The van der Waals surface area contributed by atoms with E-state index in [1.807, 2.05) is 0 Å². The summed E-state index contributed by atoms with van der Waals surface area (Å²) < 4.78 is 0. The fourth-order valence-electron chi connectivity index (χ4n) is 2.07. The Morgan fingerprint density at radius 1 is 1.47 bits per heavy atom. The van der Waals surface area contributed by atoms with E-state index in [0.29, 0.717) is 6.54 Å². The van der Waals surface area contributed by atoms with Gasteiger partial charge in [-0.3, -0.25) is 4.79 Å². The maximum absolute atomic E-state index is 10.4. The van der Waals surface area contributed by atoms with Gasteiger partial charge in [0.05, 0.1) is 12.5 Å². The molecule has 0 saturated carbocycles. The van der Waals surface area contributed by atoms with E-state index in [2.05, 4.69) is 11.8 Å². The number of hydrogen-bond donors (Lipinski definition) is 2. The number of carbonyl (C=O) groups is 1. The summed E-state index contributed by atoms with van der Waals surface area (Å²) in [6, 6.07) is 0. The second-order valence-corrected chi connectivity index (χ2v) is 4.59. The number of carboxylic acids is 1. The number of hydrogen-bond acceptors (Lipinski definition) is 3. The highest BCUT2D eigenvalue weighted by molar-refractivity contribution is 5.67. The van der Waals surface area contributed by atoms with Crippen molar-refractivity contribution in [2.75, 3.05) is 19.6 Å². The summed E-state index contributed by atoms with van der Waals surface area (Å²) in [5, 5.41) is 18.0. The van der Waals surface area contributed by atoms with E-state index in [-0.39, 0.29) is 6.42 Å². The topological polar surface area (TPSA) is 60.8 Å². The molecule has 1 fully saturated rings. The third kappa shape index (κ3) is 5.14. The van der Waals surface area contributed by atoms with Crippen LogP contribution in [0.1, 0.15) is 32.6 Å². The summed E-state index contributed by atoms with van der Waals surface area (Å²) in [7, 11) is 0. The molecule has 0 spiro atoms. The molecule has 4 nitrogen and oxygen atoms in total. The van der Waals surface area contributed by atoms with E-state index in [4.69, 9.17) is 5.11 Å². The second-order valence-electron chi connectivity index (χ2n) is 4.59. The van der Waals surface area contributed by atoms with Crippen LogP contribution in [0.5, 0.6) is 0 Å². The van der Waals surface area contributed by atoms with Gasteiger partial charge >= 0.3 is 5.97 Å². The highest BCUT2D eigenvalue weighted by Crippen LogP contribution is 2.16. The number of aliphatic carboxylic acids is 1. The van der Waals surface area contributed by atoms with Crippen molar-refractivity contribution in [3.05, 3.63) is 0 Å². The van der Waals surface area contributed by atoms with Crippen LogP contribution in [0.4, 0.5) is 0 Å². The molecule has 2 atom stereocenters. The third-order valence-corrected chi connectivity index (χ3v) is 2.99. The fourth-order valence-corrected chi connectivity index (χ4v) is 2.07. The highest BCUT2D eigenvalue weighted by Gasteiger charge is 2.17. The summed E-state index contributed by atoms with van der Waals surface area (Å²) in [5.41, 5.74) is 0. The Morgan fingerprint density at radius 3 is 2.87 bits per heavy atom. The van der Waals surface area contributed by atoms with Crippen LogP contribution >= 0.6 is 0 Å². The van der Waals surface area contributed by atoms with E-state index in [0.717, 1.165) is 31.8 Å². The Labute approximate surface area is 90.9 Å². The van der Waals surface area contributed by atoms with Gasteiger partial charge in [0.1, 0.15) is 0 Å². The van der Waals surface area contributed by atoms with Crippen LogP contribution in [-0.2, 0) is 4.79 Å². The molecule has 0 aromatic carbocycles. The quantitative estimate of drug-likeness (QED) is 0.733. The molecule has 1 aliphatic rings. The number of β-amino-alcohol motifs (C(OH)–C–C–N with tert-alkyl or cyclic N) is 1. The summed E-state index contributed by atoms with van der Waals surface area (Å²) in [6.45, 7) is 4.72. The molecule has 1 aliphatic heterocycles. The van der Waals surface area contributed by atoms with Crippen molar-refractivity contribution in [1.29, 1.82) is 0 Å². The molecule has 4 heteroatoms. The molecule has 1 heterocycles. The zero-order chi connectivity index (χ0) is 11.3. The van der Waals surface area contributed by atoms with Gasteiger partial charge in [-0.1, -0.05) is 6.92 Å². The van der Waals surface area contributed by atoms with Gasteiger partial charge in [0.2, 0.25) is 0 Å². The minimum absolute atomic E-state index is 0.147. The van der Waals surface area contributed by atoms with Gasteiger partial charge in [-0.25, -0.2) is 0 Å². The number of aliphatic hydroxyl groups excluding tert-OH is 1. The van der Waals surface area contributed by atoms with Crippen molar-refractivity contribution in [2.24, 2.45) is 5.92 Å². The lowest BCUT2D eigenvalue weighted by molar-refractivity contribution is -0.139. The Morgan fingerprint density at radius 2 is 2.20 bits per heavy atom. The number of rotatable bonds is 4. The van der Waals surface area contributed by atoms with Gasteiger partial charge in [0.25, 0.3) is 0 Å². The van der Waals surface area contributed by atoms with Gasteiger partial charge in [-0.2, -0.15) is 0 Å². The molecule has 0 aromatic heterocycles. The third-order valence-electron chi connectivity index (χ3n) is 2.99. The Balaban J connectivity index is 2.27. The maximum Gasteiger partial charge on any atom is 0.306 e. The molecule has 2 N–H and O–H groups in total. The molecular formula is C11H21NO3. The number of aliphatic hydroxyl groups is 1. The second kappa shape index (κ2) is 6.08. The standard InChI is InChI=1S/C11H21NO3/c1-9-3-2-5-12(6-4-9)8-10(13)7-11(14)15/h9-10,13H,2-8H2,1H3,(H,14,15). The Hall–Kier alpha value is -0.610. The molecular weight excluding hydrogens is 194 g/mol. The first-order valence-corrected chi connectivity index (χ1v) is 5.70. The van der Waals surface area contributed by atoms with E-state index in [1.165, 1.54) is 6.42 Å². The zero-order valence-corrected chi connectivity index (χ0v) is 9.35.